The van der Waals surface area contributed by atoms with Crippen molar-refractivity contribution >= 4 is 17.8 Å². The molecule has 4 atom stereocenters. The van der Waals surface area contributed by atoms with Crippen molar-refractivity contribution in [1.29, 1.82) is 0 Å². The van der Waals surface area contributed by atoms with Gasteiger partial charge < -0.3 is 24.8 Å². The molecule has 0 amide bonds. The van der Waals surface area contributed by atoms with Crippen LogP contribution < -0.4 is 4.74 Å². The van der Waals surface area contributed by atoms with Crippen LogP contribution in [-0.2, 0) is 9.53 Å². The van der Waals surface area contributed by atoms with Crippen molar-refractivity contribution in [1.82, 2.24) is 0 Å². The average molecular weight is 394 g/mol. The number of ether oxygens (including phenoxy) is 2. The number of rotatable bonds is 1. The van der Waals surface area contributed by atoms with Gasteiger partial charge in [-0.3, -0.25) is 4.79 Å². The van der Waals surface area contributed by atoms with Crippen molar-refractivity contribution in [3.63, 3.8) is 0 Å². The Kier molecular flexibility index (Phi) is 6.93. The maximum absolute atomic E-state index is 14.1. The Morgan fingerprint density at radius 1 is 1.21 bits per heavy atom. The predicted molar refractivity (Wildman–Crippen MR) is 98.6 cm³/mol. The first-order valence-electron chi connectivity index (χ1n) is 8.71. The molecule has 7 nitrogen and oxygen atoms in total. The average Bonchev–Trinajstić information content (AvgIpc) is 2.65. The van der Waals surface area contributed by atoms with E-state index < -0.39 is 41.8 Å². The van der Waals surface area contributed by atoms with Gasteiger partial charge in [-0.1, -0.05) is 19.1 Å². The highest BCUT2D eigenvalue weighted by molar-refractivity contribution is 5.98. The van der Waals surface area contributed by atoms with Gasteiger partial charge in [0.1, 0.15) is 29.3 Å². The van der Waals surface area contributed by atoms with Crippen molar-refractivity contribution < 1.29 is 38.8 Å². The lowest BCUT2D eigenvalue weighted by molar-refractivity contribution is -0.130. The SMILES string of the molecule is COc1cc(O)c2c(c1)/C=C/C[C@H](O)[C@H](O)C(=O)/C(F)=C\[C@H](C)[C@H](C)OC2=O. The van der Waals surface area contributed by atoms with Crippen LogP contribution in [0.3, 0.4) is 0 Å². The molecule has 1 aliphatic rings. The Morgan fingerprint density at radius 2 is 1.89 bits per heavy atom. The van der Waals surface area contributed by atoms with Gasteiger partial charge in [0.25, 0.3) is 0 Å². The number of Topliss-reactive ketones (excluding diaryl/α,β-unsaturated/α-hetero) is 1. The lowest BCUT2D eigenvalue weighted by Crippen LogP contribution is -2.34. The topological polar surface area (TPSA) is 113 Å². The highest BCUT2D eigenvalue weighted by atomic mass is 19.1. The number of aliphatic hydroxyl groups is 2. The van der Waals surface area contributed by atoms with Crippen LogP contribution in [0, 0.1) is 5.92 Å². The standard InChI is InChI=1S/C20H23FO7/c1-10-7-14(21)18(24)19(25)15(22)6-4-5-12-8-13(27-3)9-16(23)17(12)20(26)28-11(10)2/h4-5,7-11,15,19,22-23,25H,6H2,1-3H3/b5-4+,14-7+/t10-,11-,15-,19-/m0/s1. The van der Waals surface area contributed by atoms with Crippen LogP contribution in [0.2, 0.25) is 0 Å². The molecule has 1 aliphatic heterocycles. The van der Waals surface area contributed by atoms with Crippen LogP contribution in [0.4, 0.5) is 4.39 Å². The van der Waals surface area contributed by atoms with E-state index in [1.807, 2.05) is 0 Å². The van der Waals surface area contributed by atoms with Gasteiger partial charge in [-0.2, -0.15) is 0 Å². The molecule has 0 spiro atoms. The molecule has 28 heavy (non-hydrogen) atoms. The van der Waals surface area contributed by atoms with Crippen molar-refractivity contribution in [2.45, 2.75) is 38.6 Å². The number of phenols is 1. The Bertz CT molecular complexity index is 815. The molecule has 152 valence electrons. The smallest absolute Gasteiger partial charge is 0.342 e. The summed E-state index contributed by atoms with van der Waals surface area (Å²) in [6.07, 6.45) is -0.808. The summed E-state index contributed by atoms with van der Waals surface area (Å²) in [6.45, 7) is 3.03. The number of hydrogen-bond acceptors (Lipinski definition) is 7. The predicted octanol–water partition coefficient (Wildman–Crippen LogP) is 2.14. The highest BCUT2D eigenvalue weighted by Crippen LogP contribution is 2.31. The number of phenolic OH excluding ortho intramolecular Hbond substituents is 1. The van der Waals surface area contributed by atoms with Gasteiger partial charge in [0, 0.05) is 12.0 Å². The molecule has 3 N–H and O–H groups in total. The van der Waals surface area contributed by atoms with Crippen molar-refractivity contribution in [3.8, 4) is 11.5 Å². The third-order valence-corrected chi connectivity index (χ3v) is 4.55. The van der Waals surface area contributed by atoms with Crippen molar-refractivity contribution in [2.75, 3.05) is 7.11 Å². The molecular weight excluding hydrogens is 371 g/mol. The Hall–Kier alpha value is -2.71. The van der Waals surface area contributed by atoms with Crippen LogP contribution in [0.5, 0.6) is 11.5 Å². The second-order valence-corrected chi connectivity index (χ2v) is 6.61. The molecule has 0 unspecified atom stereocenters. The number of carbonyl (C=O) groups excluding carboxylic acids is 2. The third kappa shape index (κ3) is 4.76. The van der Waals surface area contributed by atoms with E-state index in [9.17, 15) is 29.3 Å². The van der Waals surface area contributed by atoms with Gasteiger partial charge >= 0.3 is 5.97 Å². The minimum absolute atomic E-state index is 0.122. The van der Waals surface area contributed by atoms with Gasteiger partial charge in [0.15, 0.2) is 5.83 Å². The second-order valence-electron chi connectivity index (χ2n) is 6.61. The van der Waals surface area contributed by atoms with E-state index in [0.717, 1.165) is 6.08 Å². The first-order chi connectivity index (χ1) is 13.1. The Morgan fingerprint density at radius 3 is 2.54 bits per heavy atom. The minimum atomic E-state index is -1.94. The zero-order valence-corrected chi connectivity index (χ0v) is 15.8. The Balaban J connectivity index is 2.54. The van der Waals surface area contributed by atoms with E-state index in [1.54, 1.807) is 0 Å². The first-order valence-corrected chi connectivity index (χ1v) is 8.71. The van der Waals surface area contributed by atoms with Crippen LogP contribution >= 0.6 is 0 Å². The van der Waals surface area contributed by atoms with Gasteiger partial charge in [-0.05, 0) is 31.1 Å². The molecule has 1 heterocycles. The molecule has 0 fully saturated rings. The molecule has 0 saturated heterocycles. The summed E-state index contributed by atoms with van der Waals surface area (Å²) in [4.78, 5) is 24.5. The molecule has 2 rings (SSSR count). The second kappa shape index (κ2) is 8.99. The molecule has 1 aromatic carbocycles. The van der Waals surface area contributed by atoms with E-state index in [1.165, 1.54) is 45.2 Å². The van der Waals surface area contributed by atoms with Crippen LogP contribution in [0.25, 0.3) is 6.08 Å². The molecule has 0 aliphatic carbocycles. The molecule has 0 bridgehead atoms. The summed E-state index contributed by atoms with van der Waals surface area (Å²) >= 11 is 0. The van der Waals surface area contributed by atoms with Crippen LogP contribution in [0.15, 0.2) is 30.1 Å². The molecular formula is C20H23FO7. The van der Waals surface area contributed by atoms with Gasteiger partial charge in [0.2, 0.25) is 5.78 Å². The minimum Gasteiger partial charge on any atom is -0.507 e. The number of aliphatic hydroxyl groups excluding tert-OH is 2. The van der Waals surface area contributed by atoms with E-state index in [0.29, 0.717) is 0 Å². The first kappa shape index (κ1) is 21.6. The van der Waals surface area contributed by atoms with Gasteiger partial charge in [0.05, 0.1) is 13.2 Å². The van der Waals surface area contributed by atoms with Crippen LogP contribution in [0.1, 0.15) is 36.2 Å². The summed E-state index contributed by atoms with van der Waals surface area (Å²) in [5, 5.41) is 30.1. The number of aromatic hydroxyl groups is 1. The third-order valence-electron chi connectivity index (χ3n) is 4.55. The quantitative estimate of drug-likeness (QED) is 0.626. The summed E-state index contributed by atoms with van der Waals surface area (Å²) in [7, 11) is 1.39. The fourth-order valence-corrected chi connectivity index (χ4v) is 2.66. The number of halogens is 1. The number of benzene rings is 1. The van der Waals surface area contributed by atoms with E-state index in [-0.39, 0.29) is 29.0 Å². The lowest BCUT2D eigenvalue weighted by Gasteiger charge is -2.20. The molecule has 0 aromatic heterocycles. The number of carbonyl (C=O) groups is 2. The largest absolute Gasteiger partial charge is 0.507 e. The maximum atomic E-state index is 14.1. The number of esters is 1. The number of hydrogen-bond donors (Lipinski definition) is 3. The monoisotopic (exact) mass is 394 g/mol. The number of fused-ring (bicyclic) bond motifs is 1. The number of ketones is 1. The summed E-state index contributed by atoms with van der Waals surface area (Å²) in [5.41, 5.74) is 0.136. The van der Waals surface area contributed by atoms with E-state index in [2.05, 4.69) is 0 Å². The zero-order valence-electron chi connectivity index (χ0n) is 15.8. The number of methoxy groups -OCH3 is 1. The molecule has 8 heteroatoms. The summed E-state index contributed by atoms with van der Waals surface area (Å²) < 4.78 is 24.5. The maximum Gasteiger partial charge on any atom is 0.342 e. The lowest BCUT2D eigenvalue weighted by atomic mass is 9.99. The molecule has 0 radical (unpaired) electrons. The van der Waals surface area contributed by atoms with Gasteiger partial charge in [-0.25, -0.2) is 9.18 Å². The zero-order chi connectivity index (χ0) is 21.0. The normalized spacial score (nSPS) is 29.7. The fraction of sp³-hybridized carbons (Fsp3) is 0.400. The summed E-state index contributed by atoms with van der Waals surface area (Å²) in [5.74, 6) is -4.10. The summed E-state index contributed by atoms with van der Waals surface area (Å²) in [6, 6.07) is 2.74. The highest BCUT2D eigenvalue weighted by Gasteiger charge is 2.29. The number of cyclic esters (lactones) is 1. The molecule has 0 saturated carbocycles. The fourth-order valence-electron chi connectivity index (χ4n) is 2.66. The van der Waals surface area contributed by atoms with Crippen LogP contribution in [-0.4, -0.2) is 52.5 Å². The molecule has 1 aromatic rings. The van der Waals surface area contributed by atoms with E-state index in [4.69, 9.17) is 9.47 Å². The Labute approximate surface area is 161 Å². The van der Waals surface area contributed by atoms with Gasteiger partial charge in [-0.15, -0.1) is 0 Å². The van der Waals surface area contributed by atoms with Crippen molar-refractivity contribution in [3.05, 3.63) is 41.2 Å². The van der Waals surface area contributed by atoms with Crippen molar-refractivity contribution in [2.24, 2.45) is 5.92 Å². The van der Waals surface area contributed by atoms with E-state index >= 15 is 0 Å².